The van der Waals surface area contributed by atoms with E-state index in [0.29, 0.717) is 11.1 Å². The van der Waals surface area contributed by atoms with Gasteiger partial charge in [0.2, 0.25) is 0 Å². The maximum atomic E-state index is 12.2. The van der Waals surface area contributed by atoms with Gasteiger partial charge >= 0.3 is 0 Å². The fourth-order valence-corrected chi connectivity index (χ4v) is 2.82. The highest BCUT2D eigenvalue weighted by Gasteiger charge is 2.42. The molecule has 0 saturated carbocycles. The van der Waals surface area contributed by atoms with E-state index in [4.69, 9.17) is 0 Å². The van der Waals surface area contributed by atoms with Gasteiger partial charge in [0.1, 0.15) is 5.69 Å². The second kappa shape index (κ2) is 4.07. The van der Waals surface area contributed by atoms with E-state index < -0.39 is 0 Å². The number of nitrogens with zero attached hydrogens (tertiary/aromatic N) is 3. The third kappa shape index (κ3) is 1.91. The van der Waals surface area contributed by atoms with E-state index in [0.717, 1.165) is 32.6 Å². The normalized spacial score (nSPS) is 27.9. The molecule has 1 spiro atoms. The van der Waals surface area contributed by atoms with Crippen LogP contribution in [0.25, 0.3) is 0 Å². The Hall–Kier alpha value is -1.49. The number of carbonyl (C=O) groups is 1. The van der Waals surface area contributed by atoms with Crippen LogP contribution in [0.2, 0.25) is 0 Å². The van der Waals surface area contributed by atoms with Gasteiger partial charge in [-0.05, 0) is 19.4 Å². The first-order chi connectivity index (χ1) is 8.29. The summed E-state index contributed by atoms with van der Waals surface area (Å²) in [4.78, 5) is 22.1. The van der Waals surface area contributed by atoms with Crippen LogP contribution in [0, 0.1) is 5.41 Å². The molecule has 1 aromatic heterocycles. The lowest BCUT2D eigenvalue weighted by Crippen LogP contribution is -2.33. The van der Waals surface area contributed by atoms with Crippen LogP contribution in [0.4, 0.5) is 0 Å². The van der Waals surface area contributed by atoms with E-state index in [1.165, 1.54) is 6.42 Å². The second-order valence-electron chi connectivity index (χ2n) is 4.99. The minimum atomic E-state index is 0.0156. The van der Waals surface area contributed by atoms with Gasteiger partial charge in [0.15, 0.2) is 0 Å². The van der Waals surface area contributed by atoms with Crippen LogP contribution in [-0.4, -0.2) is 47.0 Å². The molecular weight excluding hydrogens is 216 g/mol. The van der Waals surface area contributed by atoms with Gasteiger partial charge in [-0.1, -0.05) is 0 Å². The number of likely N-dealkylation sites (tertiary alicyclic amines) is 1. The van der Waals surface area contributed by atoms with Crippen molar-refractivity contribution < 1.29 is 4.79 Å². The molecule has 2 fully saturated rings. The molecular formula is C12H16N4O. The van der Waals surface area contributed by atoms with Crippen LogP contribution >= 0.6 is 0 Å². The standard InChI is InChI=1S/C12H16N4O/c17-11(10-7-13-4-5-15-10)16-6-2-12(9-16)1-3-14-8-12/h4-5,7,14H,1-3,6,8-9H2. The van der Waals surface area contributed by atoms with E-state index >= 15 is 0 Å². The molecule has 1 unspecified atom stereocenters. The number of nitrogens with one attached hydrogen (secondary N) is 1. The zero-order valence-corrected chi connectivity index (χ0v) is 9.72. The highest BCUT2D eigenvalue weighted by molar-refractivity contribution is 5.92. The van der Waals surface area contributed by atoms with Gasteiger partial charge in [0.25, 0.3) is 5.91 Å². The largest absolute Gasteiger partial charge is 0.337 e. The fourth-order valence-electron chi connectivity index (χ4n) is 2.82. The molecule has 1 N–H and O–H groups in total. The molecule has 1 amide bonds. The molecule has 2 saturated heterocycles. The van der Waals surface area contributed by atoms with E-state index in [-0.39, 0.29) is 5.91 Å². The summed E-state index contributed by atoms with van der Waals surface area (Å²) >= 11 is 0. The molecule has 5 heteroatoms. The summed E-state index contributed by atoms with van der Waals surface area (Å²) < 4.78 is 0. The lowest BCUT2D eigenvalue weighted by atomic mass is 9.87. The molecule has 5 nitrogen and oxygen atoms in total. The third-order valence-corrected chi connectivity index (χ3v) is 3.84. The summed E-state index contributed by atoms with van der Waals surface area (Å²) in [6.45, 7) is 3.82. The smallest absolute Gasteiger partial charge is 0.274 e. The molecule has 0 bridgehead atoms. The van der Waals surface area contributed by atoms with E-state index in [1.807, 2.05) is 4.90 Å². The van der Waals surface area contributed by atoms with Crippen molar-refractivity contribution in [2.45, 2.75) is 12.8 Å². The predicted octanol–water partition coefficient (Wildman–Crippen LogP) is 0.302. The number of aromatic nitrogens is 2. The molecule has 17 heavy (non-hydrogen) atoms. The maximum Gasteiger partial charge on any atom is 0.274 e. The molecule has 3 heterocycles. The molecule has 1 atom stereocenters. The third-order valence-electron chi connectivity index (χ3n) is 3.84. The Morgan fingerprint density at radius 1 is 1.41 bits per heavy atom. The minimum Gasteiger partial charge on any atom is -0.337 e. The molecule has 1 aromatic rings. The van der Waals surface area contributed by atoms with Gasteiger partial charge in [-0.3, -0.25) is 9.78 Å². The van der Waals surface area contributed by atoms with Crippen molar-refractivity contribution in [1.29, 1.82) is 0 Å². The van der Waals surface area contributed by atoms with Crippen molar-refractivity contribution in [3.63, 3.8) is 0 Å². The van der Waals surface area contributed by atoms with Crippen LogP contribution in [-0.2, 0) is 0 Å². The van der Waals surface area contributed by atoms with E-state index in [1.54, 1.807) is 18.6 Å². The lowest BCUT2D eigenvalue weighted by Gasteiger charge is -2.22. The Labute approximate surface area is 100 Å². The molecule has 0 aromatic carbocycles. The van der Waals surface area contributed by atoms with Crippen molar-refractivity contribution in [2.75, 3.05) is 26.2 Å². The number of amides is 1. The summed E-state index contributed by atoms with van der Waals surface area (Å²) in [5, 5.41) is 3.39. The molecule has 0 aliphatic carbocycles. The van der Waals surface area contributed by atoms with Crippen molar-refractivity contribution in [1.82, 2.24) is 20.2 Å². The summed E-state index contributed by atoms with van der Waals surface area (Å²) in [6.07, 6.45) is 6.98. The average molecular weight is 232 g/mol. The highest BCUT2D eigenvalue weighted by Crippen LogP contribution is 2.36. The Balaban J connectivity index is 1.73. The predicted molar refractivity (Wildman–Crippen MR) is 62.5 cm³/mol. The first-order valence-corrected chi connectivity index (χ1v) is 6.05. The van der Waals surface area contributed by atoms with Gasteiger partial charge in [-0.2, -0.15) is 0 Å². The number of hydrogen-bond acceptors (Lipinski definition) is 4. The van der Waals surface area contributed by atoms with Gasteiger partial charge in [0.05, 0.1) is 6.20 Å². The number of hydrogen-bond donors (Lipinski definition) is 1. The summed E-state index contributed by atoms with van der Waals surface area (Å²) in [7, 11) is 0. The molecule has 2 aliphatic heterocycles. The summed E-state index contributed by atoms with van der Waals surface area (Å²) in [5.41, 5.74) is 0.772. The summed E-state index contributed by atoms with van der Waals surface area (Å²) in [5.74, 6) is 0.0156. The Morgan fingerprint density at radius 3 is 3.06 bits per heavy atom. The molecule has 3 rings (SSSR count). The Bertz CT molecular complexity index is 414. The molecule has 2 aliphatic rings. The van der Waals surface area contributed by atoms with Crippen molar-refractivity contribution in [2.24, 2.45) is 5.41 Å². The number of rotatable bonds is 1. The Morgan fingerprint density at radius 2 is 2.35 bits per heavy atom. The van der Waals surface area contributed by atoms with Crippen LogP contribution < -0.4 is 5.32 Å². The van der Waals surface area contributed by atoms with Crippen molar-refractivity contribution >= 4 is 5.91 Å². The first kappa shape index (κ1) is 10.7. The van der Waals surface area contributed by atoms with Crippen LogP contribution in [0.5, 0.6) is 0 Å². The van der Waals surface area contributed by atoms with Crippen LogP contribution in [0.3, 0.4) is 0 Å². The quantitative estimate of drug-likeness (QED) is 0.756. The SMILES string of the molecule is O=C(c1cnccn1)N1CCC2(CCNC2)C1. The van der Waals surface area contributed by atoms with Gasteiger partial charge < -0.3 is 10.2 Å². The molecule has 90 valence electrons. The van der Waals surface area contributed by atoms with Crippen molar-refractivity contribution in [3.05, 3.63) is 24.3 Å². The van der Waals surface area contributed by atoms with E-state index in [2.05, 4.69) is 15.3 Å². The zero-order chi connectivity index (χ0) is 11.7. The van der Waals surface area contributed by atoms with E-state index in [9.17, 15) is 4.79 Å². The van der Waals surface area contributed by atoms with Gasteiger partial charge in [-0.25, -0.2) is 4.98 Å². The molecule has 0 radical (unpaired) electrons. The lowest BCUT2D eigenvalue weighted by molar-refractivity contribution is 0.0769. The zero-order valence-electron chi connectivity index (χ0n) is 9.72. The van der Waals surface area contributed by atoms with Crippen LogP contribution in [0.15, 0.2) is 18.6 Å². The van der Waals surface area contributed by atoms with Crippen molar-refractivity contribution in [3.8, 4) is 0 Å². The summed E-state index contributed by atoms with van der Waals surface area (Å²) in [6, 6.07) is 0. The first-order valence-electron chi connectivity index (χ1n) is 6.05. The minimum absolute atomic E-state index is 0.0156. The average Bonchev–Trinajstić information content (AvgIpc) is 3.01. The fraction of sp³-hybridized carbons (Fsp3) is 0.583. The maximum absolute atomic E-state index is 12.2. The highest BCUT2D eigenvalue weighted by atomic mass is 16.2. The number of carbonyl (C=O) groups excluding carboxylic acids is 1. The van der Waals surface area contributed by atoms with Gasteiger partial charge in [0, 0.05) is 37.4 Å². The Kier molecular flexibility index (Phi) is 2.55. The monoisotopic (exact) mass is 232 g/mol. The van der Waals surface area contributed by atoms with Gasteiger partial charge in [-0.15, -0.1) is 0 Å². The topological polar surface area (TPSA) is 58.1 Å². The van der Waals surface area contributed by atoms with Crippen LogP contribution in [0.1, 0.15) is 23.3 Å². The second-order valence-corrected chi connectivity index (χ2v) is 4.99.